The average molecular weight is 507 g/mol. The van der Waals surface area contributed by atoms with Crippen LogP contribution in [0.4, 0.5) is 0 Å². The minimum atomic E-state index is -0.448. The minimum absolute atomic E-state index is 0.0495. The van der Waals surface area contributed by atoms with Crippen molar-refractivity contribution in [1.82, 2.24) is 9.80 Å². The topological polar surface area (TPSA) is 66.9 Å². The van der Waals surface area contributed by atoms with Gasteiger partial charge in [0, 0.05) is 52.6 Å². The molecule has 1 aliphatic heterocycles. The largest absolute Gasteiger partial charge is 0.368 e. The number of nitrogens with zero attached hydrogens (tertiary/aromatic N) is 2. The molecule has 0 aromatic heterocycles. The van der Waals surface area contributed by atoms with E-state index in [1.165, 1.54) is 0 Å². The van der Waals surface area contributed by atoms with Gasteiger partial charge in [0.25, 0.3) is 5.91 Å². The van der Waals surface area contributed by atoms with Crippen LogP contribution in [0, 0.1) is 5.92 Å². The molecule has 0 radical (unpaired) electrons. The van der Waals surface area contributed by atoms with Gasteiger partial charge in [-0.2, -0.15) is 0 Å². The van der Waals surface area contributed by atoms with Gasteiger partial charge in [-0.05, 0) is 67.3 Å². The average Bonchev–Trinajstić information content (AvgIpc) is 2.89. The van der Waals surface area contributed by atoms with Crippen molar-refractivity contribution < 1.29 is 19.1 Å². The molecule has 1 aliphatic rings. The Morgan fingerprint density at radius 3 is 2.35 bits per heavy atom. The van der Waals surface area contributed by atoms with E-state index in [4.69, 9.17) is 4.74 Å². The maximum absolute atomic E-state index is 13.1. The molecule has 0 spiro atoms. The highest BCUT2D eigenvalue weighted by Gasteiger charge is 2.27. The molecule has 2 amide bonds. The number of hydrogen-bond donors (Lipinski definition) is 0. The van der Waals surface area contributed by atoms with E-state index in [9.17, 15) is 14.4 Å². The van der Waals surface area contributed by atoms with E-state index in [0.29, 0.717) is 44.8 Å². The molecule has 200 valence electrons. The molecular weight excluding hydrogens is 464 g/mol. The number of piperidine rings is 1. The summed E-state index contributed by atoms with van der Waals surface area (Å²) in [6, 6.07) is 16.5. The summed E-state index contributed by atoms with van der Waals surface area (Å²) in [5.41, 5.74) is 4.31. The minimum Gasteiger partial charge on any atom is -0.368 e. The Morgan fingerprint density at radius 2 is 1.70 bits per heavy atom. The normalized spacial score (nSPS) is 14.9. The molecule has 1 saturated heterocycles. The highest BCUT2D eigenvalue weighted by Crippen LogP contribution is 2.23. The number of ketones is 1. The lowest BCUT2D eigenvalue weighted by Crippen LogP contribution is -2.45. The molecule has 2 aromatic carbocycles. The molecule has 1 fully saturated rings. The number of rotatable bonds is 12. The Morgan fingerprint density at radius 1 is 1.00 bits per heavy atom. The second kappa shape index (κ2) is 14.1. The molecule has 37 heavy (non-hydrogen) atoms. The fraction of sp³-hybridized carbons (Fsp3) is 0.516. The van der Waals surface area contributed by atoms with Crippen molar-refractivity contribution in [2.24, 2.45) is 5.92 Å². The number of likely N-dealkylation sites (tertiary alicyclic amines) is 1. The zero-order valence-corrected chi connectivity index (χ0v) is 22.9. The summed E-state index contributed by atoms with van der Waals surface area (Å²) < 4.78 is 5.87. The second-order valence-corrected chi connectivity index (χ2v) is 10.4. The standard InChI is InChI=1S/C31H42N2O4/c1-5-37-29(31(36)33-18-16-23(2)17-19-33)21-25-12-14-27(15-13-25)28-10-7-9-26(20-28)22-32(4)30(35)11-6-8-24(3)34/h7,9-10,12-15,20,23,29H,5-6,8,11,16-19,21-22H2,1-4H3. The number of carbonyl (C=O) groups excluding carboxylic acids is 3. The van der Waals surface area contributed by atoms with Gasteiger partial charge in [-0.3, -0.25) is 9.59 Å². The Hall–Kier alpha value is -2.99. The van der Waals surface area contributed by atoms with Crippen LogP contribution in [0.2, 0.25) is 0 Å². The number of hydrogen-bond acceptors (Lipinski definition) is 4. The first-order chi connectivity index (χ1) is 17.8. The van der Waals surface area contributed by atoms with Crippen LogP contribution in [0.25, 0.3) is 11.1 Å². The summed E-state index contributed by atoms with van der Waals surface area (Å²) in [5.74, 6) is 0.948. The zero-order chi connectivity index (χ0) is 26.8. The molecule has 0 saturated carbocycles. The van der Waals surface area contributed by atoms with Crippen molar-refractivity contribution in [3.63, 3.8) is 0 Å². The van der Waals surface area contributed by atoms with Gasteiger partial charge in [0.2, 0.25) is 5.91 Å². The molecule has 1 unspecified atom stereocenters. The summed E-state index contributed by atoms with van der Waals surface area (Å²) >= 11 is 0. The summed E-state index contributed by atoms with van der Waals surface area (Å²) in [7, 11) is 1.80. The molecule has 1 heterocycles. The summed E-state index contributed by atoms with van der Waals surface area (Å²) in [6.07, 6.45) is 3.66. The Balaban J connectivity index is 1.61. The third-order valence-electron chi connectivity index (χ3n) is 7.14. The van der Waals surface area contributed by atoms with Gasteiger partial charge in [0.1, 0.15) is 11.9 Å². The van der Waals surface area contributed by atoms with Gasteiger partial charge in [0.05, 0.1) is 0 Å². The van der Waals surface area contributed by atoms with E-state index in [-0.39, 0.29) is 17.6 Å². The number of benzene rings is 2. The smallest absolute Gasteiger partial charge is 0.252 e. The fourth-order valence-electron chi connectivity index (χ4n) is 4.79. The molecule has 0 bridgehead atoms. The van der Waals surface area contributed by atoms with Crippen molar-refractivity contribution in [3.8, 4) is 11.1 Å². The van der Waals surface area contributed by atoms with Crippen molar-refractivity contribution in [2.45, 2.75) is 71.9 Å². The number of Topliss-reactive ketones (excluding diaryl/α,β-unsaturated/α-hetero) is 1. The first-order valence-corrected chi connectivity index (χ1v) is 13.6. The quantitative estimate of drug-likeness (QED) is 0.393. The Labute approximate surface area is 222 Å². The van der Waals surface area contributed by atoms with Crippen molar-refractivity contribution in [1.29, 1.82) is 0 Å². The first-order valence-electron chi connectivity index (χ1n) is 13.6. The van der Waals surface area contributed by atoms with E-state index < -0.39 is 6.10 Å². The van der Waals surface area contributed by atoms with Crippen molar-refractivity contribution in [2.75, 3.05) is 26.7 Å². The van der Waals surface area contributed by atoms with Crippen LogP contribution < -0.4 is 0 Å². The maximum atomic E-state index is 13.1. The summed E-state index contributed by atoms with van der Waals surface area (Å²) in [6.45, 7) is 8.41. The van der Waals surface area contributed by atoms with Gasteiger partial charge in [-0.1, -0.05) is 49.4 Å². The van der Waals surface area contributed by atoms with Crippen LogP contribution >= 0.6 is 0 Å². The van der Waals surface area contributed by atoms with E-state index in [1.54, 1.807) is 18.9 Å². The van der Waals surface area contributed by atoms with Gasteiger partial charge < -0.3 is 19.3 Å². The van der Waals surface area contributed by atoms with Crippen LogP contribution in [0.5, 0.6) is 0 Å². The Bertz CT molecular complexity index is 1040. The number of ether oxygens (including phenoxy) is 1. The second-order valence-electron chi connectivity index (χ2n) is 10.4. The van der Waals surface area contributed by atoms with Gasteiger partial charge in [-0.25, -0.2) is 0 Å². The van der Waals surface area contributed by atoms with E-state index in [1.807, 2.05) is 24.0 Å². The van der Waals surface area contributed by atoms with E-state index in [0.717, 1.165) is 48.2 Å². The SMILES string of the molecule is CCOC(Cc1ccc(-c2cccc(CN(C)C(=O)CCCC(C)=O)c2)cc1)C(=O)N1CCC(C)CC1. The van der Waals surface area contributed by atoms with Crippen LogP contribution in [0.1, 0.15) is 64.0 Å². The first kappa shape index (κ1) is 28.6. The number of amides is 2. The summed E-state index contributed by atoms with van der Waals surface area (Å²) in [4.78, 5) is 40.3. The third kappa shape index (κ3) is 8.81. The monoisotopic (exact) mass is 506 g/mol. The molecule has 0 N–H and O–H groups in total. The molecule has 1 atom stereocenters. The van der Waals surface area contributed by atoms with Crippen LogP contribution in [-0.4, -0.2) is 60.2 Å². The molecule has 6 heteroatoms. The highest BCUT2D eigenvalue weighted by molar-refractivity contribution is 5.81. The van der Waals surface area contributed by atoms with Gasteiger partial charge in [0.15, 0.2) is 0 Å². The molecular formula is C31H42N2O4. The predicted octanol–water partition coefficient (Wildman–Crippen LogP) is 5.28. The zero-order valence-electron chi connectivity index (χ0n) is 22.9. The molecule has 2 aromatic rings. The Kier molecular flexibility index (Phi) is 10.9. The third-order valence-corrected chi connectivity index (χ3v) is 7.14. The predicted molar refractivity (Wildman–Crippen MR) is 147 cm³/mol. The van der Waals surface area contributed by atoms with Crippen molar-refractivity contribution >= 4 is 17.6 Å². The van der Waals surface area contributed by atoms with Crippen molar-refractivity contribution in [3.05, 3.63) is 59.7 Å². The number of carbonyl (C=O) groups is 3. The highest BCUT2D eigenvalue weighted by atomic mass is 16.5. The summed E-state index contributed by atoms with van der Waals surface area (Å²) in [5, 5.41) is 0. The van der Waals surface area contributed by atoms with Gasteiger partial charge >= 0.3 is 0 Å². The lowest BCUT2D eigenvalue weighted by molar-refractivity contribution is -0.144. The molecule has 6 nitrogen and oxygen atoms in total. The van der Waals surface area contributed by atoms with Crippen LogP contribution in [-0.2, 0) is 32.1 Å². The molecule has 3 rings (SSSR count). The lowest BCUT2D eigenvalue weighted by Gasteiger charge is -2.33. The maximum Gasteiger partial charge on any atom is 0.252 e. The lowest BCUT2D eigenvalue weighted by atomic mass is 9.97. The molecule has 0 aliphatic carbocycles. The van der Waals surface area contributed by atoms with Crippen LogP contribution in [0.3, 0.4) is 0 Å². The fourth-order valence-corrected chi connectivity index (χ4v) is 4.79. The van der Waals surface area contributed by atoms with Crippen LogP contribution in [0.15, 0.2) is 48.5 Å². The van der Waals surface area contributed by atoms with E-state index in [2.05, 4.69) is 43.3 Å². The van der Waals surface area contributed by atoms with Gasteiger partial charge in [-0.15, -0.1) is 0 Å². The van der Waals surface area contributed by atoms with E-state index >= 15 is 0 Å².